The van der Waals surface area contributed by atoms with Crippen LogP contribution in [-0.4, -0.2) is 18.1 Å². The zero-order valence-corrected chi connectivity index (χ0v) is 9.39. The lowest BCUT2D eigenvalue weighted by molar-refractivity contribution is 0.606. The summed E-state index contributed by atoms with van der Waals surface area (Å²) in [7, 11) is -3.26. The molecular formula is C7H9BrN2O2S. The molecule has 0 amide bonds. The smallest absolute Gasteiger partial charge is 0.242 e. The number of nitrogens with one attached hydrogen (secondary N) is 1. The van der Waals surface area contributed by atoms with Crippen molar-refractivity contribution in [2.75, 3.05) is 9.38 Å². The Hall–Kier alpha value is -0.620. The second kappa shape index (κ2) is 4.06. The van der Waals surface area contributed by atoms with Crippen LogP contribution in [0.4, 0.5) is 5.69 Å². The van der Waals surface area contributed by atoms with Gasteiger partial charge in [-0.3, -0.25) is 9.71 Å². The molecule has 0 radical (unpaired) electrons. The number of sulfonamides is 1. The number of halogens is 1. The Balaban J connectivity index is 2.82. The molecule has 13 heavy (non-hydrogen) atoms. The summed E-state index contributed by atoms with van der Waals surface area (Å²) in [5.74, 6) is 0. The highest BCUT2D eigenvalue weighted by atomic mass is 79.9. The van der Waals surface area contributed by atoms with E-state index in [0.29, 0.717) is 5.69 Å². The van der Waals surface area contributed by atoms with Crippen LogP contribution in [0.2, 0.25) is 0 Å². The van der Waals surface area contributed by atoms with Crippen LogP contribution in [0.1, 0.15) is 5.69 Å². The number of anilines is 1. The van der Waals surface area contributed by atoms with Crippen molar-refractivity contribution in [3.63, 3.8) is 0 Å². The van der Waals surface area contributed by atoms with E-state index in [1.54, 1.807) is 12.1 Å². The molecule has 0 unspecified atom stereocenters. The van der Waals surface area contributed by atoms with Gasteiger partial charge in [-0.25, -0.2) is 8.42 Å². The topological polar surface area (TPSA) is 59.1 Å². The predicted molar refractivity (Wildman–Crippen MR) is 55.3 cm³/mol. The van der Waals surface area contributed by atoms with Crippen LogP contribution in [0, 0.1) is 6.92 Å². The normalized spacial score (nSPS) is 11.2. The summed E-state index contributed by atoms with van der Waals surface area (Å²) in [4.78, 5) is 3.96. The number of rotatable bonds is 3. The number of hydrogen-bond acceptors (Lipinski definition) is 3. The van der Waals surface area contributed by atoms with Gasteiger partial charge in [0.1, 0.15) is 4.66 Å². The molecule has 0 spiro atoms. The molecule has 1 rings (SSSR count). The van der Waals surface area contributed by atoms with Crippen LogP contribution in [0.3, 0.4) is 0 Å². The Morgan fingerprint density at radius 1 is 1.54 bits per heavy atom. The average molecular weight is 265 g/mol. The number of aryl methyl sites for hydroxylation is 1. The minimum absolute atomic E-state index is 0.117. The van der Waals surface area contributed by atoms with Gasteiger partial charge in [0.15, 0.2) is 0 Å². The minimum atomic E-state index is -3.26. The maximum atomic E-state index is 11.1. The summed E-state index contributed by atoms with van der Waals surface area (Å²) in [5, 5.41) is 0. The molecule has 72 valence electrons. The second-order valence-electron chi connectivity index (χ2n) is 2.51. The number of pyridine rings is 1. The molecule has 0 atom stereocenters. The monoisotopic (exact) mass is 264 g/mol. The van der Waals surface area contributed by atoms with Crippen LogP contribution >= 0.6 is 15.9 Å². The summed E-state index contributed by atoms with van der Waals surface area (Å²) in [6.45, 7) is 1.84. The van der Waals surface area contributed by atoms with Gasteiger partial charge < -0.3 is 0 Å². The van der Waals surface area contributed by atoms with Crippen LogP contribution < -0.4 is 4.72 Å². The molecule has 4 nitrogen and oxygen atoms in total. The highest BCUT2D eigenvalue weighted by Crippen LogP contribution is 2.08. The highest BCUT2D eigenvalue weighted by molar-refractivity contribution is 9.10. The third-order valence-electron chi connectivity index (χ3n) is 1.33. The molecule has 0 aliphatic rings. The molecule has 0 saturated carbocycles. The Morgan fingerprint density at radius 2 is 2.23 bits per heavy atom. The van der Waals surface area contributed by atoms with Crippen molar-refractivity contribution < 1.29 is 8.42 Å². The van der Waals surface area contributed by atoms with E-state index in [1.807, 2.05) is 6.92 Å². The van der Waals surface area contributed by atoms with E-state index in [-0.39, 0.29) is 4.66 Å². The van der Waals surface area contributed by atoms with Gasteiger partial charge in [0.25, 0.3) is 0 Å². The van der Waals surface area contributed by atoms with E-state index < -0.39 is 10.0 Å². The number of hydrogen-bond donors (Lipinski definition) is 1. The molecule has 0 fully saturated rings. The van der Waals surface area contributed by atoms with E-state index in [2.05, 4.69) is 25.6 Å². The maximum absolute atomic E-state index is 11.1. The largest absolute Gasteiger partial charge is 0.281 e. The third kappa shape index (κ3) is 3.31. The van der Waals surface area contributed by atoms with E-state index in [9.17, 15) is 8.42 Å². The fraction of sp³-hybridized carbons (Fsp3) is 0.286. The summed E-state index contributed by atoms with van der Waals surface area (Å²) >= 11 is 2.87. The van der Waals surface area contributed by atoms with Gasteiger partial charge in [-0.2, -0.15) is 0 Å². The molecule has 0 aliphatic heterocycles. The molecule has 0 bridgehead atoms. The van der Waals surface area contributed by atoms with Crippen molar-refractivity contribution in [2.24, 2.45) is 0 Å². The molecule has 1 aromatic rings. The molecule has 0 aromatic carbocycles. The highest BCUT2D eigenvalue weighted by Gasteiger charge is 2.06. The zero-order valence-electron chi connectivity index (χ0n) is 6.99. The Kier molecular flexibility index (Phi) is 3.27. The number of alkyl halides is 1. The first-order valence-corrected chi connectivity index (χ1v) is 6.30. The molecule has 1 heterocycles. The zero-order chi connectivity index (χ0) is 9.90. The maximum Gasteiger partial charge on any atom is 0.242 e. The lowest BCUT2D eigenvalue weighted by Crippen LogP contribution is -2.13. The van der Waals surface area contributed by atoms with Crippen molar-refractivity contribution in [3.8, 4) is 0 Å². The summed E-state index contributed by atoms with van der Waals surface area (Å²) in [6, 6.07) is 3.41. The molecular weight excluding hydrogens is 256 g/mol. The van der Waals surface area contributed by atoms with Crippen LogP contribution in [-0.2, 0) is 10.0 Å². The Bertz CT molecular complexity index is 374. The Labute approximate surface area is 85.6 Å². The SMILES string of the molecule is Cc1ccc(NS(=O)(=O)CBr)cn1. The molecule has 6 heteroatoms. The quantitative estimate of drug-likeness (QED) is 0.842. The second-order valence-corrected chi connectivity index (χ2v) is 5.54. The van der Waals surface area contributed by atoms with Crippen molar-refractivity contribution in [3.05, 3.63) is 24.0 Å². The van der Waals surface area contributed by atoms with E-state index in [1.165, 1.54) is 6.20 Å². The van der Waals surface area contributed by atoms with Gasteiger partial charge in [0.2, 0.25) is 10.0 Å². The van der Waals surface area contributed by atoms with Gasteiger partial charge in [0.05, 0.1) is 11.9 Å². The van der Waals surface area contributed by atoms with Gasteiger partial charge in [0, 0.05) is 5.69 Å². The number of aromatic nitrogens is 1. The first kappa shape index (κ1) is 10.5. The molecule has 0 saturated heterocycles. The van der Waals surface area contributed by atoms with Gasteiger partial charge in [-0.1, -0.05) is 15.9 Å². The summed E-state index contributed by atoms with van der Waals surface area (Å²) in [6.07, 6.45) is 1.48. The van der Waals surface area contributed by atoms with Crippen molar-refractivity contribution in [1.29, 1.82) is 0 Å². The fourth-order valence-electron chi connectivity index (χ4n) is 0.735. The average Bonchev–Trinajstić information content (AvgIpc) is 2.09. The van der Waals surface area contributed by atoms with Crippen LogP contribution in [0.25, 0.3) is 0 Å². The first-order chi connectivity index (χ1) is 6.03. The Morgan fingerprint density at radius 3 is 2.69 bits per heavy atom. The number of nitrogens with zero attached hydrogens (tertiary/aromatic N) is 1. The standard InChI is InChI=1S/C7H9BrN2O2S/c1-6-2-3-7(4-9-6)10-13(11,12)5-8/h2-4,10H,5H2,1H3. The molecule has 1 aromatic heterocycles. The lowest BCUT2D eigenvalue weighted by Gasteiger charge is -2.04. The predicted octanol–water partition coefficient (Wildman–Crippen LogP) is 1.48. The van der Waals surface area contributed by atoms with E-state index in [4.69, 9.17) is 0 Å². The summed E-state index contributed by atoms with van der Waals surface area (Å²) < 4.78 is 24.4. The van der Waals surface area contributed by atoms with Crippen LogP contribution in [0.5, 0.6) is 0 Å². The minimum Gasteiger partial charge on any atom is -0.281 e. The van der Waals surface area contributed by atoms with Crippen molar-refractivity contribution >= 4 is 31.6 Å². The van der Waals surface area contributed by atoms with E-state index in [0.717, 1.165) is 5.69 Å². The van der Waals surface area contributed by atoms with Gasteiger partial charge in [-0.15, -0.1) is 0 Å². The van der Waals surface area contributed by atoms with Gasteiger partial charge in [-0.05, 0) is 19.1 Å². The lowest BCUT2D eigenvalue weighted by atomic mass is 10.4. The van der Waals surface area contributed by atoms with E-state index >= 15 is 0 Å². The van der Waals surface area contributed by atoms with Crippen LogP contribution in [0.15, 0.2) is 18.3 Å². The third-order valence-corrected chi connectivity index (χ3v) is 3.97. The van der Waals surface area contributed by atoms with Gasteiger partial charge >= 0.3 is 0 Å². The fourth-order valence-corrected chi connectivity index (χ4v) is 1.61. The molecule has 1 N–H and O–H groups in total. The molecule has 0 aliphatic carbocycles. The first-order valence-electron chi connectivity index (χ1n) is 3.52. The van der Waals surface area contributed by atoms with Crippen molar-refractivity contribution in [2.45, 2.75) is 6.92 Å². The summed E-state index contributed by atoms with van der Waals surface area (Å²) in [5.41, 5.74) is 1.33. The van der Waals surface area contributed by atoms with Crippen molar-refractivity contribution in [1.82, 2.24) is 4.98 Å².